The lowest BCUT2D eigenvalue weighted by molar-refractivity contribution is -0.355. The molecule has 1 unspecified atom stereocenters. The van der Waals surface area contributed by atoms with Crippen molar-refractivity contribution in [2.24, 2.45) is 5.16 Å². The molecule has 4 rings (SSSR count). The molecular formula is C18H12F3NO2S. The highest BCUT2D eigenvalue weighted by atomic mass is 32.1. The van der Waals surface area contributed by atoms with Crippen LogP contribution in [-0.2, 0) is 4.84 Å². The van der Waals surface area contributed by atoms with Crippen molar-refractivity contribution in [3.63, 3.8) is 0 Å². The van der Waals surface area contributed by atoms with Gasteiger partial charge in [-0.2, -0.15) is 13.2 Å². The average Bonchev–Trinajstić information content (AvgIpc) is 3.19. The molecule has 25 heavy (non-hydrogen) atoms. The number of rotatable bonds is 2. The Labute approximate surface area is 145 Å². The Morgan fingerprint density at radius 3 is 2.36 bits per heavy atom. The first-order valence-corrected chi connectivity index (χ1v) is 8.31. The Morgan fingerprint density at radius 1 is 1.04 bits per heavy atom. The van der Waals surface area contributed by atoms with E-state index in [0.717, 1.165) is 15.8 Å². The zero-order valence-corrected chi connectivity index (χ0v) is 13.6. The third-order valence-corrected chi connectivity index (χ3v) is 5.25. The van der Waals surface area contributed by atoms with Crippen LogP contribution in [0.4, 0.5) is 13.2 Å². The second-order valence-electron chi connectivity index (χ2n) is 5.81. The lowest BCUT2D eigenvalue weighted by Crippen LogP contribution is -2.45. The molecule has 2 heterocycles. The molecule has 128 valence electrons. The Hall–Kier alpha value is -2.38. The normalized spacial score (nSPS) is 20.6. The number of hydrogen-bond donors (Lipinski definition) is 1. The lowest BCUT2D eigenvalue weighted by atomic mass is 10.0. The summed E-state index contributed by atoms with van der Waals surface area (Å²) in [5.74, 6) is -3.24. The summed E-state index contributed by atoms with van der Waals surface area (Å²) >= 11 is 1.65. The number of fused-ring (bicyclic) bond motifs is 1. The Balaban J connectivity index is 1.59. The van der Waals surface area contributed by atoms with Crippen molar-refractivity contribution in [1.82, 2.24) is 0 Å². The monoisotopic (exact) mass is 363 g/mol. The van der Waals surface area contributed by atoms with Gasteiger partial charge in [-0.1, -0.05) is 47.6 Å². The van der Waals surface area contributed by atoms with Gasteiger partial charge in [-0.25, -0.2) is 0 Å². The molecule has 0 saturated heterocycles. The third kappa shape index (κ3) is 2.79. The van der Waals surface area contributed by atoms with E-state index in [1.54, 1.807) is 23.5 Å². The van der Waals surface area contributed by atoms with Gasteiger partial charge < -0.3 is 9.94 Å². The second kappa shape index (κ2) is 5.57. The number of aliphatic hydroxyl groups is 1. The molecule has 3 aromatic rings. The molecular weight excluding hydrogens is 351 g/mol. The number of oxime groups is 1. The number of nitrogens with zero attached hydrogens (tertiary/aromatic N) is 1. The first-order chi connectivity index (χ1) is 11.9. The molecule has 7 heteroatoms. The summed E-state index contributed by atoms with van der Waals surface area (Å²) in [5, 5.41) is 14.1. The van der Waals surface area contributed by atoms with E-state index in [0.29, 0.717) is 5.56 Å². The predicted molar refractivity (Wildman–Crippen MR) is 90.5 cm³/mol. The lowest BCUT2D eigenvalue weighted by Gasteiger charge is -2.22. The van der Waals surface area contributed by atoms with E-state index in [4.69, 9.17) is 0 Å². The summed E-state index contributed by atoms with van der Waals surface area (Å²) in [6.45, 7) is 0. The van der Waals surface area contributed by atoms with E-state index in [-0.39, 0.29) is 5.71 Å². The first kappa shape index (κ1) is 16.1. The van der Waals surface area contributed by atoms with E-state index in [1.807, 2.05) is 36.4 Å². The van der Waals surface area contributed by atoms with E-state index in [9.17, 15) is 18.3 Å². The number of benzene rings is 2. The molecule has 1 N–H and O–H groups in total. The minimum absolute atomic E-state index is 0.0720. The van der Waals surface area contributed by atoms with Crippen LogP contribution in [0, 0.1) is 0 Å². The molecule has 0 spiro atoms. The standard InChI is InChI=1S/C18H12F3NO2S/c19-18(20,21)17(23)10-14(22-24-17)11-5-7-12(8-6-11)16-9-13-3-1-2-4-15(13)25-16/h1-9,23H,10H2. The smallest absolute Gasteiger partial charge is 0.350 e. The molecule has 0 bridgehead atoms. The predicted octanol–water partition coefficient (Wildman–Crippen LogP) is 4.94. The van der Waals surface area contributed by atoms with Crippen LogP contribution in [0.1, 0.15) is 12.0 Å². The van der Waals surface area contributed by atoms with Crippen LogP contribution in [-0.4, -0.2) is 22.8 Å². The van der Waals surface area contributed by atoms with Crippen LogP contribution in [0.2, 0.25) is 0 Å². The Kier molecular flexibility index (Phi) is 3.59. The fourth-order valence-electron chi connectivity index (χ4n) is 2.68. The highest BCUT2D eigenvalue weighted by molar-refractivity contribution is 7.22. The highest BCUT2D eigenvalue weighted by Gasteiger charge is 2.60. The van der Waals surface area contributed by atoms with Gasteiger partial charge in [-0.15, -0.1) is 11.3 Å². The van der Waals surface area contributed by atoms with Crippen molar-refractivity contribution in [3.8, 4) is 10.4 Å². The average molecular weight is 363 g/mol. The Morgan fingerprint density at radius 2 is 1.72 bits per heavy atom. The summed E-state index contributed by atoms with van der Waals surface area (Å²) in [7, 11) is 0. The van der Waals surface area contributed by atoms with Gasteiger partial charge in [0, 0.05) is 9.58 Å². The van der Waals surface area contributed by atoms with Gasteiger partial charge in [0.2, 0.25) is 0 Å². The van der Waals surface area contributed by atoms with Crippen molar-refractivity contribution >= 4 is 27.1 Å². The van der Waals surface area contributed by atoms with Crippen molar-refractivity contribution in [3.05, 3.63) is 60.2 Å². The minimum atomic E-state index is -4.89. The molecule has 0 amide bonds. The molecule has 0 aliphatic carbocycles. The first-order valence-electron chi connectivity index (χ1n) is 7.49. The zero-order chi connectivity index (χ0) is 17.7. The minimum Gasteiger partial charge on any atom is -0.350 e. The van der Waals surface area contributed by atoms with Crippen LogP contribution in [0.25, 0.3) is 20.5 Å². The summed E-state index contributed by atoms with van der Waals surface area (Å²) in [6.07, 6.45) is -5.62. The van der Waals surface area contributed by atoms with Crippen LogP contribution >= 0.6 is 11.3 Å². The van der Waals surface area contributed by atoms with Gasteiger partial charge in [-0.3, -0.25) is 0 Å². The second-order valence-corrected chi connectivity index (χ2v) is 6.90. The van der Waals surface area contributed by atoms with E-state index in [1.165, 1.54) is 4.70 Å². The van der Waals surface area contributed by atoms with Crippen LogP contribution in [0.3, 0.4) is 0 Å². The molecule has 1 aromatic heterocycles. The van der Waals surface area contributed by atoms with Crippen LogP contribution in [0.15, 0.2) is 59.8 Å². The van der Waals surface area contributed by atoms with E-state index in [2.05, 4.69) is 16.1 Å². The molecule has 2 aromatic carbocycles. The van der Waals surface area contributed by atoms with Crippen LogP contribution in [0.5, 0.6) is 0 Å². The number of hydrogen-bond acceptors (Lipinski definition) is 4. The zero-order valence-electron chi connectivity index (χ0n) is 12.7. The fourth-order valence-corrected chi connectivity index (χ4v) is 3.75. The molecule has 0 radical (unpaired) electrons. The highest BCUT2D eigenvalue weighted by Crippen LogP contribution is 2.39. The number of halogens is 3. The summed E-state index contributed by atoms with van der Waals surface area (Å²) in [5.41, 5.74) is 1.53. The fraction of sp³-hybridized carbons (Fsp3) is 0.167. The van der Waals surface area contributed by atoms with Gasteiger partial charge in [-0.05, 0) is 28.6 Å². The van der Waals surface area contributed by atoms with E-state index < -0.39 is 18.4 Å². The third-order valence-electron chi connectivity index (χ3n) is 4.09. The van der Waals surface area contributed by atoms with Crippen molar-refractivity contribution < 1.29 is 23.1 Å². The van der Waals surface area contributed by atoms with Gasteiger partial charge in [0.1, 0.15) is 0 Å². The summed E-state index contributed by atoms with van der Waals surface area (Å²) < 4.78 is 39.5. The van der Waals surface area contributed by atoms with Crippen LogP contribution < -0.4 is 0 Å². The summed E-state index contributed by atoms with van der Waals surface area (Å²) in [4.78, 5) is 5.32. The molecule has 0 fully saturated rings. The largest absolute Gasteiger partial charge is 0.458 e. The molecule has 1 aliphatic rings. The van der Waals surface area contributed by atoms with Gasteiger partial charge in [0.05, 0.1) is 12.1 Å². The van der Waals surface area contributed by atoms with Crippen molar-refractivity contribution in [2.45, 2.75) is 18.4 Å². The van der Waals surface area contributed by atoms with Gasteiger partial charge in [0.25, 0.3) is 0 Å². The van der Waals surface area contributed by atoms with E-state index >= 15 is 0 Å². The number of alkyl halides is 3. The van der Waals surface area contributed by atoms with Crippen molar-refractivity contribution in [2.75, 3.05) is 0 Å². The number of thiophene rings is 1. The van der Waals surface area contributed by atoms with Gasteiger partial charge in [0.15, 0.2) is 0 Å². The molecule has 1 aliphatic heterocycles. The van der Waals surface area contributed by atoms with Crippen molar-refractivity contribution in [1.29, 1.82) is 0 Å². The maximum absolute atomic E-state index is 12.8. The molecule has 3 nitrogen and oxygen atoms in total. The topological polar surface area (TPSA) is 41.8 Å². The maximum Gasteiger partial charge on any atom is 0.458 e. The SMILES string of the molecule is OC1(C(F)(F)F)CC(c2ccc(-c3cc4ccccc4s3)cc2)=NO1. The Bertz CT molecular complexity index is 929. The quantitative estimate of drug-likeness (QED) is 0.700. The summed E-state index contributed by atoms with van der Waals surface area (Å²) in [6, 6.07) is 17.1. The maximum atomic E-state index is 12.8. The molecule has 1 atom stereocenters. The molecule has 0 saturated carbocycles. The van der Waals surface area contributed by atoms with Gasteiger partial charge >= 0.3 is 12.0 Å².